The molecule has 0 saturated carbocycles. The Morgan fingerprint density at radius 3 is 2.58 bits per heavy atom. The minimum absolute atomic E-state index is 0.0568. The number of hydrogen-bond acceptors (Lipinski definition) is 3. The Bertz CT molecular complexity index is 516. The number of hydrogen-bond donors (Lipinski definition) is 3. The Labute approximate surface area is 114 Å². The van der Waals surface area contributed by atoms with E-state index < -0.39 is 11.9 Å². The van der Waals surface area contributed by atoms with Gasteiger partial charge in [-0.25, -0.2) is 4.79 Å². The number of halogens is 1. The van der Waals surface area contributed by atoms with Gasteiger partial charge in [-0.2, -0.15) is 0 Å². The molecule has 3 N–H and O–H groups in total. The van der Waals surface area contributed by atoms with Crippen LogP contribution in [0.4, 0.5) is 5.69 Å². The van der Waals surface area contributed by atoms with Gasteiger partial charge >= 0.3 is 5.97 Å². The average Bonchev–Trinajstić information content (AvgIpc) is 2.30. The van der Waals surface area contributed by atoms with Crippen LogP contribution in [0.3, 0.4) is 0 Å². The van der Waals surface area contributed by atoms with E-state index in [9.17, 15) is 14.4 Å². The van der Waals surface area contributed by atoms with Crippen molar-refractivity contribution in [3.05, 3.63) is 28.8 Å². The van der Waals surface area contributed by atoms with Crippen LogP contribution in [-0.2, 0) is 9.59 Å². The largest absolute Gasteiger partial charge is 0.478 e. The molecule has 1 aromatic carbocycles. The van der Waals surface area contributed by atoms with Crippen LogP contribution in [0.1, 0.15) is 23.7 Å². The summed E-state index contributed by atoms with van der Waals surface area (Å²) >= 11 is 5.69. The predicted molar refractivity (Wildman–Crippen MR) is 70.3 cm³/mol. The Balaban J connectivity index is 2.68. The molecule has 0 spiro atoms. The smallest absolute Gasteiger partial charge is 0.337 e. The van der Waals surface area contributed by atoms with Gasteiger partial charge in [0, 0.05) is 24.9 Å². The zero-order valence-electron chi connectivity index (χ0n) is 10.2. The highest BCUT2D eigenvalue weighted by Crippen LogP contribution is 2.20. The fourth-order valence-corrected chi connectivity index (χ4v) is 1.54. The molecule has 1 aromatic rings. The standard InChI is InChI=1S/C12H13ClN2O4/c1-7(16)14-5-4-11(17)15-10-3-2-8(13)6-9(10)12(18)19/h2-3,6H,4-5H2,1H3,(H,14,16)(H,15,17)(H,18,19). The van der Waals surface area contributed by atoms with Crippen LogP contribution in [0.2, 0.25) is 5.02 Å². The first-order valence-electron chi connectivity index (χ1n) is 5.47. The third-order valence-corrected chi connectivity index (χ3v) is 2.45. The summed E-state index contributed by atoms with van der Waals surface area (Å²) in [5.74, 6) is -1.80. The van der Waals surface area contributed by atoms with Crippen LogP contribution in [0, 0.1) is 0 Å². The van der Waals surface area contributed by atoms with E-state index in [-0.39, 0.29) is 35.1 Å². The lowest BCUT2D eigenvalue weighted by Gasteiger charge is -2.09. The summed E-state index contributed by atoms with van der Waals surface area (Å²) in [6.07, 6.45) is 0.0568. The van der Waals surface area contributed by atoms with E-state index in [1.54, 1.807) is 0 Å². The number of carbonyl (C=O) groups excluding carboxylic acids is 2. The molecule has 1 rings (SSSR count). The first kappa shape index (κ1) is 15.0. The number of rotatable bonds is 5. The van der Waals surface area contributed by atoms with Gasteiger partial charge in [0.15, 0.2) is 0 Å². The van der Waals surface area contributed by atoms with Gasteiger partial charge in [-0.1, -0.05) is 11.6 Å². The van der Waals surface area contributed by atoms with E-state index in [0.717, 1.165) is 0 Å². The first-order valence-corrected chi connectivity index (χ1v) is 5.85. The fraction of sp³-hybridized carbons (Fsp3) is 0.250. The molecule has 0 saturated heterocycles. The van der Waals surface area contributed by atoms with Crippen molar-refractivity contribution in [3.8, 4) is 0 Å². The number of carboxylic acids is 1. The van der Waals surface area contributed by atoms with Crippen molar-refractivity contribution in [2.45, 2.75) is 13.3 Å². The predicted octanol–water partition coefficient (Wildman–Crippen LogP) is 1.50. The topological polar surface area (TPSA) is 95.5 Å². The molecule has 6 nitrogen and oxygen atoms in total. The Hall–Kier alpha value is -2.08. The average molecular weight is 285 g/mol. The molecule has 0 heterocycles. The van der Waals surface area contributed by atoms with Crippen molar-refractivity contribution in [2.75, 3.05) is 11.9 Å². The molecular weight excluding hydrogens is 272 g/mol. The molecule has 2 amide bonds. The maximum absolute atomic E-state index is 11.6. The lowest BCUT2D eigenvalue weighted by atomic mass is 10.1. The molecule has 7 heteroatoms. The van der Waals surface area contributed by atoms with Crippen LogP contribution in [-0.4, -0.2) is 29.4 Å². The maximum Gasteiger partial charge on any atom is 0.337 e. The monoisotopic (exact) mass is 284 g/mol. The van der Waals surface area contributed by atoms with Crippen molar-refractivity contribution in [1.82, 2.24) is 5.32 Å². The lowest BCUT2D eigenvalue weighted by molar-refractivity contribution is -0.119. The molecule has 19 heavy (non-hydrogen) atoms. The van der Waals surface area contributed by atoms with E-state index in [4.69, 9.17) is 16.7 Å². The summed E-state index contributed by atoms with van der Waals surface area (Å²) < 4.78 is 0. The third kappa shape index (κ3) is 4.97. The second-order valence-corrected chi connectivity index (χ2v) is 4.21. The number of carboxylic acid groups (broad SMARTS) is 1. The number of carbonyl (C=O) groups is 3. The highest BCUT2D eigenvalue weighted by Gasteiger charge is 2.13. The number of aromatic carboxylic acids is 1. The Kier molecular flexibility index (Phi) is 5.32. The van der Waals surface area contributed by atoms with Gasteiger partial charge in [0.1, 0.15) is 0 Å². The fourth-order valence-electron chi connectivity index (χ4n) is 1.37. The number of amides is 2. The van der Waals surface area contributed by atoms with E-state index in [1.807, 2.05) is 0 Å². The van der Waals surface area contributed by atoms with Crippen molar-refractivity contribution in [2.24, 2.45) is 0 Å². The second-order valence-electron chi connectivity index (χ2n) is 3.78. The molecule has 0 fully saturated rings. The summed E-state index contributed by atoms with van der Waals surface area (Å²) in [4.78, 5) is 33.2. The Morgan fingerprint density at radius 2 is 2.00 bits per heavy atom. The van der Waals surface area contributed by atoms with Crippen molar-refractivity contribution < 1.29 is 19.5 Å². The van der Waals surface area contributed by atoms with E-state index in [1.165, 1.54) is 25.1 Å². The summed E-state index contributed by atoms with van der Waals surface area (Å²) in [6, 6.07) is 4.16. The maximum atomic E-state index is 11.6. The zero-order valence-corrected chi connectivity index (χ0v) is 11.0. The quantitative estimate of drug-likeness (QED) is 0.763. The van der Waals surface area contributed by atoms with Crippen molar-refractivity contribution in [3.63, 3.8) is 0 Å². The SMILES string of the molecule is CC(=O)NCCC(=O)Nc1ccc(Cl)cc1C(=O)O. The van der Waals surface area contributed by atoms with E-state index in [2.05, 4.69) is 10.6 Å². The molecule has 0 aliphatic carbocycles. The highest BCUT2D eigenvalue weighted by molar-refractivity contribution is 6.31. The molecule has 0 aliphatic rings. The van der Waals surface area contributed by atoms with Gasteiger partial charge in [-0.05, 0) is 18.2 Å². The molecule has 0 bridgehead atoms. The molecular formula is C12H13ClN2O4. The molecule has 0 atom stereocenters. The van der Waals surface area contributed by atoms with Crippen LogP contribution in [0.5, 0.6) is 0 Å². The first-order chi connectivity index (χ1) is 8.90. The van der Waals surface area contributed by atoms with Gasteiger partial charge in [-0.3, -0.25) is 9.59 Å². The summed E-state index contributed by atoms with van der Waals surface area (Å²) in [7, 11) is 0. The highest BCUT2D eigenvalue weighted by atomic mass is 35.5. The van der Waals surface area contributed by atoms with Crippen molar-refractivity contribution >= 4 is 35.1 Å². The second kappa shape index (κ2) is 6.75. The molecule has 0 unspecified atom stereocenters. The summed E-state index contributed by atoms with van der Waals surface area (Å²) in [5, 5.41) is 14.2. The lowest BCUT2D eigenvalue weighted by Crippen LogP contribution is -2.25. The normalized spacial score (nSPS) is 9.79. The summed E-state index contributed by atoms with van der Waals surface area (Å²) in [5.41, 5.74) is 0.0881. The van der Waals surface area contributed by atoms with Crippen LogP contribution in [0.25, 0.3) is 0 Å². The Morgan fingerprint density at radius 1 is 1.32 bits per heavy atom. The van der Waals surface area contributed by atoms with Crippen LogP contribution in [0.15, 0.2) is 18.2 Å². The minimum atomic E-state index is -1.18. The van der Waals surface area contributed by atoms with Crippen LogP contribution >= 0.6 is 11.6 Å². The molecule has 0 radical (unpaired) electrons. The van der Waals surface area contributed by atoms with Gasteiger partial charge in [0.05, 0.1) is 11.3 Å². The number of nitrogens with one attached hydrogen (secondary N) is 2. The van der Waals surface area contributed by atoms with E-state index in [0.29, 0.717) is 0 Å². The van der Waals surface area contributed by atoms with Gasteiger partial charge in [0.25, 0.3) is 0 Å². The van der Waals surface area contributed by atoms with Gasteiger partial charge in [0.2, 0.25) is 11.8 Å². The van der Waals surface area contributed by atoms with E-state index >= 15 is 0 Å². The molecule has 0 aromatic heterocycles. The van der Waals surface area contributed by atoms with Crippen LogP contribution < -0.4 is 10.6 Å². The van der Waals surface area contributed by atoms with Gasteiger partial charge < -0.3 is 15.7 Å². The zero-order chi connectivity index (χ0) is 14.4. The van der Waals surface area contributed by atoms with Crippen molar-refractivity contribution in [1.29, 1.82) is 0 Å². The molecule has 102 valence electrons. The molecule has 0 aliphatic heterocycles. The minimum Gasteiger partial charge on any atom is -0.478 e. The summed E-state index contributed by atoms with van der Waals surface area (Å²) in [6.45, 7) is 1.54. The third-order valence-electron chi connectivity index (χ3n) is 2.21. The number of anilines is 1. The number of benzene rings is 1. The van der Waals surface area contributed by atoms with Gasteiger partial charge in [-0.15, -0.1) is 0 Å².